The molecule has 6 heteroatoms. The third-order valence-corrected chi connectivity index (χ3v) is 16.5. The zero-order chi connectivity index (χ0) is 56.3. The Balaban J connectivity index is 0.00000665. The number of pyridine rings is 1. The van der Waals surface area contributed by atoms with Gasteiger partial charge in [0.05, 0.1) is 0 Å². The number of fused-ring (bicyclic) bond motifs is 10. The van der Waals surface area contributed by atoms with Gasteiger partial charge < -0.3 is 18.8 Å². The average Bonchev–Trinajstić information content (AvgIpc) is 4.13. The van der Waals surface area contributed by atoms with Gasteiger partial charge >= 0.3 is 0 Å². The summed E-state index contributed by atoms with van der Waals surface area (Å²) in [7, 11) is 0. The van der Waals surface area contributed by atoms with Crippen LogP contribution in [0.25, 0.3) is 93.2 Å². The molecule has 0 saturated carbocycles. The molecule has 0 unspecified atom stereocenters. The van der Waals surface area contributed by atoms with Gasteiger partial charge in [0.2, 0.25) is 0 Å². The minimum absolute atomic E-state index is 0. The number of hydrogen-bond acceptors (Lipinski definition) is 3. The Morgan fingerprint density at radius 3 is 1.71 bits per heavy atom. The molecule has 5 nitrogen and oxygen atoms in total. The number of rotatable bonds is 6. The molecule has 0 atom stereocenters. The number of hydrogen-bond donors (Lipinski definition) is 0. The maximum atomic E-state index is 6.85. The molecule has 0 bridgehead atoms. The second-order valence-electron chi connectivity index (χ2n) is 26.3. The summed E-state index contributed by atoms with van der Waals surface area (Å²) in [5.74, 6) is 2.02. The quantitative estimate of drug-likeness (QED) is 0.156. The maximum absolute atomic E-state index is 6.85. The molecule has 0 N–H and O–H groups in total. The van der Waals surface area contributed by atoms with Gasteiger partial charge in [-0.3, -0.25) is 0 Å². The van der Waals surface area contributed by atoms with Crippen molar-refractivity contribution < 1.29 is 25.8 Å². The largest absolute Gasteiger partial charge is 0.509 e. The van der Waals surface area contributed by atoms with Crippen LogP contribution in [0.3, 0.4) is 0 Å². The van der Waals surface area contributed by atoms with Crippen molar-refractivity contribution in [2.24, 2.45) is 0 Å². The minimum Gasteiger partial charge on any atom is -0.509 e. The van der Waals surface area contributed by atoms with E-state index in [1.54, 1.807) is 0 Å². The number of ether oxygens (including phenoxy) is 1. The van der Waals surface area contributed by atoms with Crippen LogP contribution in [0.2, 0.25) is 0 Å². The Bertz CT molecular complexity index is 4570. The molecule has 0 saturated heterocycles. The first-order valence-corrected chi connectivity index (χ1v) is 28.5. The topological polar surface area (TPSA) is 35.2 Å². The number of anilines is 2. The van der Waals surface area contributed by atoms with Crippen LogP contribution in [0.15, 0.2) is 194 Å². The Hall–Kier alpha value is -8.11. The molecule has 1 aliphatic heterocycles. The molecule has 0 amide bonds. The Morgan fingerprint density at radius 2 is 0.988 bits per heavy atom. The van der Waals surface area contributed by atoms with Crippen LogP contribution in [0.4, 0.5) is 11.4 Å². The molecular weight excluding hydrogens is 1180 g/mol. The molecule has 3 aromatic heterocycles. The van der Waals surface area contributed by atoms with E-state index >= 15 is 0 Å². The molecule has 1 aliphatic rings. The molecule has 12 aromatic rings. The van der Waals surface area contributed by atoms with Crippen LogP contribution in [-0.4, -0.2) is 14.1 Å². The van der Waals surface area contributed by atoms with Crippen molar-refractivity contribution in [3.05, 3.63) is 235 Å². The zero-order valence-corrected chi connectivity index (χ0v) is 51.3. The first-order valence-electron chi connectivity index (χ1n) is 28.5. The first-order chi connectivity index (χ1) is 38.7. The SMILES string of the molecule is CC(C)(C)c1ccc(-c2cc(-c3cccc4c5cc(C(C)(C)C)ccc5c5ccccc5c5cccc6c5n(c34)[CH-]N6c3[c-]c(Oc4[c-]c5c(cc4)c4ccccc4n5-c4cc(C(C)(C)C)ccn4)ccc3)cc(C(C)(C)C)c2)cc1.[Pt]. The number of para-hydroxylation sites is 3. The molecule has 82 heavy (non-hydrogen) atoms. The van der Waals surface area contributed by atoms with Crippen molar-refractivity contribution in [2.75, 3.05) is 4.90 Å². The second-order valence-corrected chi connectivity index (χ2v) is 26.3. The van der Waals surface area contributed by atoms with Crippen LogP contribution in [-0.2, 0) is 42.7 Å². The van der Waals surface area contributed by atoms with Gasteiger partial charge in [0.15, 0.2) is 0 Å². The molecule has 0 radical (unpaired) electrons. The van der Waals surface area contributed by atoms with Gasteiger partial charge in [0, 0.05) is 50.0 Å². The molecule has 9 aromatic carbocycles. The average molecular weight is 1250 g/mol. The Labute approximate surface area is 497 Å². The van der Waals surface area contributed by atoms with Crippen LogP contribution in [0, 0.1) is 18.8 Å². The van der Waals surface area contributed by atoms with Crippen molar-refractivity contribution in [3.63, 3.8) is 0 Å². The summed E-state index contributed by atoms with van der Waals surface area (Å²) in [6, 6.07) is 76.8. The molecule has 0 fully saturated rings. The predicted molar refractivity (Wildman–Crippen MR) is 342 cm³/mol. The van der Waals surface area contributed by atoms with E-state index in [-0.39, 0.29) is 42.7 Å². The van der Waals surface area contributed by atoms with Gasteiger partial charge in [0.1, 0.15) is 5.82 Å². The molecular formula is C76H69N4OPt-3. The fourth-order valence-corrected chi connectivity index (χ4v) is 11.9. The smallest absolute Gasteiger partial charge is 0.135 e. The summed E-state index contributed by atoms with van der Waals surface area (Å²) in [6.45, 7) is 29.7. The normalized spacial score (nSPS) is 12.9. The van der Waals surface area contributed by atoms with Gasteiger partial charge in [-0.25, -0.2) is 4.98 Å². The molecule has 4 heterocycles. The van der Waals surface area contributed by atoms with Crippen molar-refractivity contribution in [1.29, 1.82) is 0 Å². The summed E-state index contributed by atoms with van der Waals surface area (Å²) < 4.78 is 11.5. The van der Waals surface area contributed by atoms with E-state index in [4.69, 9.17) is 9.72 Å². The molecule has 412 valence electrons. The van der Waals surface area contributed by atoms with E-state index in [0.717, 1.165) is 71.9 Å². The summed E-state index contributed by atoms with van der Waals surface area (Å²) in [5.41, 5.74) is 15.7. The minimum atomic E-state index is -0.122. The van der Waals surface area contributed by atoms with E-state index < -0.39 is 0 Å². The molecule has 0 aliphatic carbocycles. The van der Waals surface area contributed by atoms with Crippen LogP contribution in [0.5, 0.6) is 11.5 Å². The van der Waals surface area contributed by atoms with E-state index in [2.05, 4.69) is 292 Å². The van der Waals surface area contributed by atoms with Gasteiger partial charge in [-0.15, -0.1) is 35.7 Å². The number of benzene rings is 9. The van der Waals surface area contributed by atoms with Crippen LogP contribution < -0.4 is 9.64 Å². The van der Waals surface area contributed by atoms with Gasteiger partial charge in [-0.1, -0.05) is 222 Å². The van der Waals surface area contributed by atoms with Crippen LogP contribution >= 0.6 is 0 Å². The Kier molecular flexibility index (Phi) is 13.4. The van der Waals surface area contributed by atoms with Crippen LogP contribution in [0.1, 0.15) is 105 Å². The fourth-order valence-electron chi connectivity index (χ4n) is 11.9. The van der Waals surface area contributed by atoms with Gasteiger partial charge in [0.25, 0.3) is 0 Å². The van der Waals surface area contributed by atoms with Crippen molar-refractivity contribution >= 4 is 76.5 Å². The van der Waals surface area contributed by atoms with Gasteiger partial charge in [-0.2, -0.15) is 12.1 Å². The third-order valence-electron chi connectivity index (χ3n) is 16.5. The summed E-state index contributed by atoms with van der Waals surface area (Å²) in [4.78, 5) is 7.21. The predicted octanol–water partition coefficient (Wildman–Crippen LogP) is 20.8. The monoisotopic (exact) mass is 1250 g/mol. The standard InChI is InChI=1S/C76H69N4O.Pt/c1-73(2,3)51-32-30-48(31-33-51)49-40-50(42-54(41-49)76(10,11)12)58-25-18-26-65-66-43-52(74(4,5)6)34-36-61(66)59-22-13-14-23-60(59)64-27-19-29-68-72(64)79(71(58)65)47-78(68)55-20-17-21-56(45-55)81-57-35-37-63-62-24-15-16-28-67(62)80(69(63)46-57)70-44-53(38-39-77-70)75(7,8)9;/h13-44,47H,1-12H3;/q-3;. The molecule has 0 spiro atoms. The van der Waals surface area contributed by atoms with E-state index in [1.807, 2.05) is 18.3 Å². The molecule has 13 rings (SSSR count). The van der Waals surface area contributed by atoms with Crippen molar-refractivity contribution in [2.45, 2.75) is 105 Å². The second kappa shape index (κ2) is 20.1. The maximum Gasteiger partial charge on any atom is 0.135 e. The number of nitrogens with zero attached hydrogens (tertiary/aromatic N) is 4. The van der Waals surface area contributed by atoms with Gasteiger partial charge in [-0.05, 0) is 152 Å². The summed E-state index contributed by atoms with van der Waals surface area (Å²) in [6.07, 6.45) is 1.91. The first kappa shape index (κ1) is 54.5. The summed E-state index contributed by atoms with van der Waals surface area (Å²) in [5, 5.41) is 9.30. The Morgan fingerprint density at radius 1 is 0.415 bits per heavy atom. The van der Waals surface area contributed by atoms with E-state index in [9.17, 15) is 0 Å². The fraction of sp³-hybridized carbons (Fsp3) is 0.211. The third kappa shape index (κ3) is 9.61. The zero-order valence-electron chi connectivity index (χ0n) is 49.1. The van der Waals surface area contributed by atoms with Crippen molar-refractivity contribution in [1.82, 2.24) is 14.1 Å². The van der Waals surface area contributed by atoms with E-state index in [1.165, 1.54) is 54.9 Å². The van der Waals surface area contributed by atoms with E-state index in [0.29, 0.717) is 11.5 Å². The summed E-state index contributed by atoms with van der Waals surface area (Å²) >= 11 is 0. The number of aromatic nitrogens is 3. The van der Waals surface area contributed by atoms with Crippen molar-refractivity contribution in [3.8, 4) is 39.6 Å².